The van der Waals surface area contributed by atoms with Gasteiger partial charge in [-0.25, -0.2) is 0 Å². The molecule has 0 spiro atoms. The smallest absolute Gasteiger partial charge is 0.279 e. The maximum Gasteiger partial charge on any atom is 0.279 e. The molecular formula is C18H26N3O2+. The van der Waals surface area contributed by atoms with Crippen LogP contribution < -0.4 is 15.5 Å². The van der Waals surface area contributed by atoms with E-state index < -0.39 is 0 Å². The number of anilines is 1. The lowest BCUT2D eigenvalue weighted by Crippen LogP contribution is -3.22. The fourth-order valence-corrected chi connectivity index (χ4v) is 4.24. The molecule has 0 radical (unpaired) electrons. The van der Waals surface area contributed by atoms with Crippen LogP contribution in [0.4, 0.5) is 5.69 Å². The van der Waals surface area contributed by atoms with Crippen LogP contribution in [-0.2, 0) is 9.59 Å². The highest BCUT2D eigenvalue weighted by Crippen LogP contribution is 2.22. The van der Waals surface area contributed by atoms with Crippen LogP contribution >= 0.6 is 0 Å². The molecule has 5 nitrogen and oxygen atoms in total. The molecule has 5 heteroatoms. The highest BCUT2D eigenvalue weighted by Gasteiger charge is 2.42. The van der Waals surface area contributed by atoms with Crippen LogP contribution in [0.1, 0.15) is 39.0 Å². The number of hydrogen-bond acceptors (Lipinski definition) is 2. The van der Waals surface area contributed by atoms with Gasteiger partial charge in [-0.2, -0.15) is 0 Å². The molecule has 124 valence electrons. The lowest BCUT2D eigenvalue weighted by atomic mass is 9.81. The first kappa shape index (κ1) is 16.0. The molecule has 2 bridgehead atoms. The van der Waals surface area contributed by atoms with Gasteiger partial charge in [0.05, 0.1) is 12.1 Å². The van der Waals surface area contributed by atoms with Crippen LogP contribution in [0.15, 0.2) is 30.3 Å². The minimum absolute atomic E-state index is 0.0540. The Labute approximate surface area is 137 Å². The van der Waals surface area contributed by atoms with E-state index in [9.17, 15) is 9.59 Å². The molecule has 0 aliphatic carbocycles. The van der Waals surface area contributed by atoms with Crippen molar-refractivity contribution in [1.82, 2.24) is 5.32 Å². The number of fused-ring (bicyclic) bond motifs is 2. The summed E-state index contributed by atoms with van der Waals surface area (Å²) in [6.45, 7) is 2.11. The summed E-state index contributed by atoms with van der Waals surface area (Å²) in [6.07, 6.45) is 5.53. The zero-order valence-electron chi connectivity index (χ0n) is 13.7. The summed E-state index contributed by atoms with van der Waals surface area (Å²) in [6, 6.07) is 10.9. The molecule has 2 fully saturated rings. The molecule has 1 aromatic carbocycles. The van der Waals surface area contributed by atoms with Gasteiger partial charge in [0, 0.05) is 31.5 Å². The van der Waals surface area contributed by atoms with Crippen LogP contribution in [0.2, 0.25) is 0 Å². The Kier molecular flexibility index (Phi) is 4.96. The maximum atomic E-state index is 12.4. The van der Waals surface area contributed by atoms with Crippen molar-refractivity contribution in [3.05, 3.63) is 30.3 Å². The number of nitrogens with one attached hydrogen (secondary N) is 3. The van der Waals surface area contributed by atoms with Gasteiger partial charge in [0.25, 0.3) is 5.91 Å². The first-order chi connectivity index (χ1) is 11.1. The van der Waals surface area contributed by atoms with Gasteiger partial charge in [0.2, 0.25) is 5.91 Å². The summed E-state index contributed by atoms with van der Waals surface area (Å²) in [4.78, 5) is 25.1. The quantitative estimate of drug-likeness (QED) is 0.767. The second-order valence-electron chi connectivity index (χ2n) is 6.86. The van der Waals surface area contributed by atoms with Gasteiger partial charge >= 0.3 is 0 Å². The van der Waals surface area contributed by atoms with E-state index >= 15 is 0 Å². The third kappa shape index (κ3) is 4.10. The van der Waals surface area contributed by atoms with Crippen LogP contribution in [0, 0.1) is 0 Å². The van der Waals surface area contributed by atoms with E-state index in [2.05, 4.69) is 10.6 Å². The molecule has 3 rings (SSSR count). The molecular weight excluding hydrogens is 290 g/mol. The van der Waals surface area contributed by atoms with E-state index in [1.807, 2.05) is 30.3 Å². The number of carbonyl (C=O) groups is 2. The minimum Gasteiger partial charge on any atom is -0.353 e. The zero-order chi connectivity index (χ0) is 16.2. The third-order valence-corrected chi connectivity index (χ3v) is 5.12. The van der Waals surface area contributed by atoms with E-state index in [1.54, 1.807) is 6.92 Å². The van der Waals surface area contributed by atoms with Crippen LogP contribution in [-0.4, -0.2) is 36.5 Å². The Bertz CT molecular complexity index is 547. The first-order valence-electron chi connectivity index (χ1n) is 8.59. The predicted octanol–water partition coefficient (Wildman–Crippen LogP) is 0.730. The average molecular weight is 316 g/mol. The molecule has 2 aliphatic rings. The number of benzene rings is 1. The molecule has 23 heavy (non-hydrogen) atoms. The normalized spacial score (nSPS) is 29.6. The first-order valence-corrected chi connectivity index (χ1v) is 8.59. The highest BCUT2D eigenvalue weighted by atomic mass is 16.2. The van der Waals surface area contributed by atoms with Gasteiger partial charge in [-0.05, 0) is 31.4 Å². The number of quaternary nitrogens is 1. The van der Waals surface area contributed by atoms with E-state index in [0.717, 1.165) is 31.4 Å². The Morgan fingerprint density at radius 1 is 1.13 bits per heavy atom. The molecule has 0 aromatic heterocycles. The van der Waals surface area contributed by atoms with E-state index in [4.69, 9.17) is 0 Å². The second-order valence-corrected chi connectivity index (χ2v) is 6.86. The average Bonchev–Trinajstić information content (AvgIpc) is 2.48. The van der Waals surface area contributed by atoms with Crippen molar-refractivity contribution in [2.75, 3.05) is 11.9 Å². The number of hydrogen-bond donors (Lipinski definition) is 3. The SMILES string of the molecule is CC(=O)NC1C[C@H]2CCC[C@@H](C1)[NH+]2CC(=O)Nc1ccccc1. The van der Waals surface area contributed by atoms with Crippen molar-refractivity contribution in [2.45, 2.75) is 57.2 Å². The summed E-state index contributed by atoms with van der Waals surface area (Å²) >= 11 is 0. The molecule has 2 saturated heterocycles. The van der Waals surface area contributed by atoms with Gasteiger partial charge in [0.15, 0.2) is 6.54 Å². The van der Waals surface area contributed by atoms with Crippen molar-refractivity contribution in [3.8, 4) is 0 Å². The van der Waals surface area contributed by atoms with Gasteiger partial charge in [-0.3, -0.25) is 9.59 Å². The fourth-order valence-electron chi connectivity index (χ4n) is 4.24. The number of rotatable bonds is 4. The maximum absolute atomic E-state index is 12.4. The number of piperidine rings is 2. The molecule has 0 saturated carbocycles. The molecule has 2 aliphatic heterocycles. The Hall–Kier alpha value is -1.88. The number of para-hydroxylation sites is 1. The van der Waals surface area contributed by atoms with E-state index in [0.29, 0.717) is 18.6 Å². The van der Waals surface area contributed by atoms with Gasteiger partial charge in [-0.15, -0.1) is 0 Å². The summed E-state index contributed by atoms with van der Waals surface area (Å²) in [7, 11) is 0. The summed E-state index contributed by atoms with van der Waals surface area (Å²) < 4.78 is 0. The highest BCUT2D eigenvalue weighted by molar-refractivity contribution is 5.91. The van der Waals surface area contributed by atoms with Crippen molar-refractivity contribution in [2.24, 2.45) is 0 Å². The van der Waals surface area contributed by atoms with Crippen LogP contribution in [0.25, 0.3) is 0 Å². The Morgan fingerprint density at radius 2 is 1.78 bits per heavy atom. The monoisotopic (exact) mass is 316 g/mol. The largest absolute Gasteiger partial charge is 0.353 e. The summed E-state index contributed by atoms with van der Waals surface area (Å²) in [5.41, 5.74) is 0.857. The van der Waals surface area contributed by atoms with Gasteiger partial charge in [-0.1, -0.05) is 18.2 Å². The Morgan fingerprint density at radius 3 is 2.39 bits per heavy atom. The van der Waals surface area contributed by atoms with Gasteiger partial charge < -0.3 is 15.5 Å². The minimum atomic E-state index is 0.0540. The number of amides is 2. The molecule has 2 amide bonds. The van der Waals surface area contributed by atoms with Gasteiger partial charge in [0.1, 0.15) is 0 Å². The van der Waals surface area contributed by atoms with Crippen molar-refractivity contribution in [3.63, 3.8) is 0 Å². The second kappa shape index (κ2) is 7.13. The lowest BCUT2D eigenvalue weighted by molar-refractivity contribution is -0.953. The van der Waals surface area contributed by atoms with Crippen molar-refractivity contribution < 1.29 is 14.5 Å². The van der Waals surface area contributed by atoms with E-state index in [1.165, 1.54) is 11.3 Å². The fraction of sp³-hybridized carbons (Fsp3) is 0.556. The molecule has 2 unspecified atom stereocenters. The third-order valence-electron chi connectivity index (χ3n) is 5.12. The summed E-state index contributed by atoms with van der Waals surface area (Å²) in [5, 5.41) is 6.06. The topological polar surface area (TPSA) is 62.6 Å². The summed E-state index contributed by atoms with van der Waals surface area (Å²) in [5.74, 6) is 0.138. The molecule has 3 N–H and O–H groups in total. The molecule has 1 aromatic rings. The Balaban J connectivity index is 1.59. The van der Waals surface area contributed by atoms with Crippen LogP contribution in [0.5, 0.6) is 0 Å². The van der Waals surface area contributed by atoms with Crippen molar-refractivity contribution in [1.29, 1.82) is 0 Å². The number of carbonyl (C=O) groups excluding carboxylic acids is 2. The van der Waals surface area contributed by atoms with E-state index in [-0.39, 0.29) is 17.9 Å². The van der Waals surface area contributed by atoms with Crippen molar-refractivity contribution >= 4 is 17.5 Å². The zero-order valence-corrected chi connectivity index (χ0v) is 13.7. The van der Waals surface area contributed by atoms with Crippen LogP contribution in [0.3, 0.4) is 0 Å². The standard InChI is InChI=1S/C18H25N3O2/c1-13(22)19-15-10-16-8-5-9-17(11-15)21(16)12-18(23)20-14-6-3-2-4-7-14/h2-4,6-7,15-17H,5,8-12H2,1H3,(H,19,22)(H,20,23)/p+1/t15?,16-,17+. The lowest BCUT2D eigenvalue weighted by Gasteiger charge is -2.45. The molecule has 2 heterocycles. The predicted molar refractivity (Wildman–Crippen MR) is 89.2 cm³/mol. The molecule has 4 atom stereocenters.